The largest absolute Gasteiger partial charge is 0.495 e. The van der Waals surface area contributed by atoms with Crippen LogP contribution in [0.4, 0.5) is 5.69 Å². The SMILES string of the molecule is CCC1(CNS(=O)(=O)c2cc(N)ccc2OC)CCC1. The van der Waals surface area contributed by atoms with Gasteiger partial charge in [-0.1, -0.05) is 13.3 Å². The quantitative estimate of drug-likeness (QED) is 0.788. The summed E-state index contributed by atoms with van der Waals surface area (Å²) in [7, 11) is -2.15. The first-order chi connectivity index (χ1) is 9.42. The second-order valence-corrected chi connectivity index (χ2v) is 7.18. The average Bonchev–Trinajstić information content (AvgIpc) is 2.38. The predicted molar refractivity (Wildman–Crippen MR) is 79.2 cm³/mol. The molecule has 2 rings (SSSR count). The molecule has 0 aliphatic heterocycles. The molecule has 0 heterocycles. The zero-order valence-corrected chi connectivity index (χ0v) is 12.8. The molecule has 0 aromatic heterocycles. The number of nitrogens with one attached hydrogen (secondary N) is 1. The van der Waals surface area contributed by atoms with Gasteiger partial charge in [0.1, 0.15) is 10.6 Å². The van der Waals surface area contributed by atoms with Gasteiger partial charge in [0, 0.05) is 12.2 Å². The second-order valence-electron chi connectivity index (χ2n) is 5.44. The van der Waals surface area contributed by atoms with Crippen molar-refractivity contribution >= 4 is 15.7 Å². The van der Waals surface area contributed by atoms with E-state index in [4.69, 9.17) is 10.5 Å². The van der Waals surface area contributed by atoms with Crippen LogP contribution in [0, 0.1) is 5.41 Å². The molecule has 0 spiro atoms. The van der Waals surface area contributed by atoms with Gasteiger partial charge in [0.25, 0.3) is 0 Å². The predicted octanol–water partition coefficient (Wildman–Crippen LogP) is 2.14. The van der Waals surface area contributed by atoms with Crippen molar-refractivity contribution < 1.29 is 13.2 Å². The molecular formula is C14H22N2O3S. The minimum atomic E-state index is -3.60. The number of ether oxygens (including phenoxy) is 1. The van der Waals surface area contributed by atoms with Crippen LogP contribution >= 0.6 is 0 Å². The molecule has 3 N–H and O–H groups in total. The number of hydrogen-bond acceptors (Lipinski definition) is 4. The van der Waals surface area contributed by atoms with Gasteiger partial charge < -0.3 is 10.5 Å². The van der Waals surface area contributed by atoms with Crippen LogP contribution in [0.5, 0.6) is 5.75 Å². The molecule has 0 saturated heterocycles. The Morgan fingerprint density at radius 1 is 1.40 bits per heavy atom. The average molecular weight is 298 g/mol. The second kappa shape index (κ2) is 5.61. The van der Waals surface area contributed by atoms with E-state index in [0.29, 0.717) is 18.0 Å². The van der Waals surface area contributed by atoms with Crippen molar-refractivity contribution in [2.24, 2.45) is 5.41 Å². The number of sulfonamides is 1. The number of anilines is 1. The van der Waals surface area contributed by atoms with Crippen LogP contribution < -0.4 is 15.2 Å². The smallest absolute Gasteiger partial charge is 0.244 e. The molecule has 1 aliphatic carbocycles. The molecule has 0 atom stereocenters. The standard InChI is InChI=1S/C14H22N2O3S/c1-3-14(7-4-8-14)10-16-20(17,18)13-9-11(15)5-6-12(13)19-2/h5-6,9,16H,3-4,7-8,10,15H2,1-2H3. The van der Waals surface area contributed by atoms with E-state index in [9.17, 15) is 8.42 Å². The van der Waals surface area contributed by atoms with Crippen molar-refractivity contribution in [2.75, 3.05) is 19.4 Å². The maximum Gasteiger partial charge on any atom is 0.244 e. The fraction of sp³-hybridized carbons (Fsp3) is 0.571. The lowest BCUT2D eigenvalue weighted by Crippen LogP contribution is -2.41. The summed E-state index contributed by atoms with van der Waals surface area (Å²) in [5, 5.41) is 0. The molecule has 0 unspecified atom stereocenters. The van der Waals surface area contributed by atoms with Crippen LogP contribution in [0.25, 0.3) is 0 Å². The van der Waals surface area contributed by atoms with Crippen LogP contribution in [0.3, 0.4) is 0 Å². The molecule has 0 bridgehead atoms. The molecule has 112 valence electrons. The van der Waals surface area contributed by atoms with E-state index in [0.717, 1.165) is 19.3 Å². The first-order valence-corrected chi connectivity index (χ1v) is 8.34. The van der Waals surface area contributed by atoms with Gasteiger partial charge in [-0.3, -0.25) is 0 Å². The van der Waals surface area contributed by atoms with Crippen LogP contribution in [-0.2, 0) is 10.0 Å². The van der Waals surface area contributed by atoms with Crippen molar-refractivity contribution in [1.82, 2.24) is 4.72 Å². The number of nitrogen functional groups attached to an aromatic ring is 1. The molecule has 1 saturated carbocycles. The first kappa shape index (κ1) is 15.1. The molecule has 0 amide bonds. The Hall–Kier alpha value is -1.27. The molecule has 20 heavy (non-hydrogen) atoms. The van der Waals surface area contributed by atoms with Crippen molar-refractivity contribution in [1.29, 1.82) is 0 Å². The van der Waals surface area contributed by atoms with Crippen LogP contribution in [0.1, 0.15) is 32.6 Å². The number of methoxy groups -OCH3 is 1. The third kappa shape index (κ3) is 2.91. The Morgan fingerprint density at radius 3 is 2.60 bits per heavy atom. The van der Waals surface area contributed by atoms with Gasteiger partial charge in [-0.05, 0) is 42.9 Å². The minimum Gasteiger partial charge on any atom is -0.495 e. The zero-order valence-electron chi connectivity index (χ0n) is 12.0. The molecular weight excluding hydrogens is 276 g/mol. The number of hydrogen-bond donors (Lipinski definition) is 2. The van der Waals surface area contributed by atoms with E-state index >= 15 is 0 Å². The minimum absolute atomic E-state index is 0.102. The van der Waals surface area contributed by atoms with Crippen LogP contribution in [-0.4, -0.2) is 22.1 Å². The fourth-order valence-corrected chi connectivity index (χ4v) is 3.92. The summed E-state index contributed by atoms with van der Waals surface area (Å²) in [6.07, 6.45) is 4.33. The van der Waals surface area contributed by atoms with Crippen LogP contribution in [0.15, 0.2) is 23.1 Å². The first-order valence-electron chi connectivity index (χ1n) is 6.86. The van der Waals surface area contributed by atoms with Gasteiger partial charge >= 0.3 is 0 Å². The van der Waals surface area contributed by atoms with Gasteiger partial charge in [0.15, 0.2) is 0 Å². The summed E-state index contributed by atoms with van der Waals surface area (Å²) in [4.78, 5) is 0.102. The summed E-state index contributed by atoms with van der Waals surface area (Å²) in [6, 6.07) is 4.63. The number of rotatable bonds is 6. The van der Waals surface area contributed by atoms with Gasteiger partial charge in [0.2, 0.25) is 10.0 Å². The topological polar surface area (TPSA) is 81.4 Å². The van der Waals surface area contributed by atoms with Crippen LogP contribution in [0.2, 0.25) is 0 Å². The van der Waals surface area contributed by atoms with E-state index in [-0.39, 0.29) is 10.3 Å². The Labute approximate surface area is 120 Å². The van der Waals surface area contributed by atoms with E-state index < -0.39 is 10.0 Å². The summed E-state index contributed by atoms with van der Waals surface area (Å²) < 4.78 is 32.7. The third-order valence-electron chi connectivity index (χ3n) is 4.28. The van der Waals surface area contributed by atoms with Crippen molar-refractivity contribution in [3.8, 4) is 5.75 Å². The molecule has 1 aliphatic rings. The Balaban J connectivity index is 2.20. The van der Waals surface area contributed by atoms with Crippen molar-refractivity contribution in [3.63, 3.8) is 0 Å². The summed E-state index contributed by atoms with van der Waals surface area (Å²) in [5.41, 5.74) is 6.20. The molecule has 1 aromatic rings. The highest BCUT2D eigenvalue weighted by Crippen LogP contribution is 2.43. The van der Waals surface area contributed by atoms with Crippen molar-refractivity contribution in [2.45, 2.75) is 37.5 Å². The van der Waals surface area contributed by atoms with E-state index in [1.807, 2.05) is 0 Å². The van der Waals surface area contributed by atoms with E-state index in [1.54, 1.807) is 12.1 Å². The Kier molecular flexibility index (Phi) is 4.25. The van der Waals surface area contributed by atoms with Gasteiger partial charge in [-0.15, -0.1) is 0 Å². The highest BCUT2D eigenvalue weighted by molar-refractivity contribution is 7.89. The molecule has 0 radical (unpaired) electrons. The molecule has 1 aromatic carbocycles. The molecule has 5 nitrogen and oxygen atoms in total. The number of benzene rings is 1. The summed E-state index contributed by atoms with van der Waals surface area (Å²) >= 11 is 0. The summed E-state index contributed by atoms with van der Waals surface area (Å²) in [6.45, 7) is 2.58. The maximum atomic E-state index is 12.4. The van der Waals surface area contributed by atoms with Gasteiger partial charge in [-0.2, -0.15) is 0 Å². The normalized spacial score (nSPS) is 17.5. The molecule has 6 heteroatoms. The highest BCUT2D eigenvalue weighted by Gasteiger charge is 2.36. The third-order valence-corrected chi connectivity index (χ3v) is 5.70. The zero-order chi connectivity index (χ0) is 14.8. The number of nitrogens with two attached hydrogens (primary N) is 1. The highest BCUT2D eigenvalue weighted by atomic mass is 32.2. The lowest BCUT2D eigenvalue weighted by Gasteiger charge is -2.41. The Morgan fingerprint density at radius 2 is 2.10 bits per heavy atom. The molecule has 1 fully saturated rings. The van der Waals surface area contributed by atoms with E-state index in [1.165, 1.54) is 19.6 Å². The lowest BCUT2D eigenvalue weighted by molar-refractivity contribution is 0.133. The lowest BCUT2D eigenvalue weighted by atomic mass is 9.67. The fourth-order valence-electron chi connectivity index (χ4n) is 2.56. The van der Waals surface area contributed by atoms with Gasteiger partial charge in [-0.25, -0.2) is 13.1 Å². The van der Waals surface area contributed by atoms with Crippen molar-refractivity contribution in [3.05, 3.63) is 18.2 Å². The monoisotopic (exact) mass is 298 g/mol. The Bertz CT molecular complexity index is 575. The maximum absolute atomic E-state index is 12.4. The van der Waals surface area contributed by atoms with Gasteiger partial charge in [0.05, 0.1) is 7.11 Å². The van der Waals surface area contributed by atoms with E-state index in [2.05, 4.69) is 11.6 Å². The summed E-state index contributed by atoms with van der Waals surface area (Å²) in [5.74, 6) is 0.311.